The highest BCUT2D eigenvalue weighted by Crippen LogP contribution is 2.16. The van der Waals surface area contributed by atoms with Crippen LogP contribution < -0.4 is 5.32 Å². The largest absolute Gasteiger partial charge is 0.322 e. The van der Waals surface area contributed by atoms with E-state index in [1.165, 1.54) is 0 Å². The molecule has 3 nitrogen and oxygen atoms in total. The van der Waals surface area contributed by atoms with Gasteiger partial charge in [-0.1, -0.05) is 48.5 Å². The van der Waals surface area contributed by atoms with Crippen LogP contribution in [-0.4, -0.2) is 10.9 Å². The Hall–Kier alpha value is -2.94. The van der Waals surface area contributed by atoms with E-state index in [-0.39, 0.29) is 5.91 Å². The molecule has 0 atom stereocenters. The van der Waals surface area contributed by atoms with Crippen LogP contribution in [0.25, 0.3) is 11.3 Å². The normalized spacial score (nSPS) is 10.1. The number of para-hydroxylation sites is 1. The van der Waals surface area contributed by atoms with Gasteiger partial charge >= 0.3 is 0 Å². The Bertz CT molecular complexity index is 722. The zero-order valence-corrected chi connectivity index (χ0v) is 11.4. The van der Waals surface area contributed by atoms with Crippen molar-refractivity contribution in [2.24, 2.45) is 0 Å². The maximum absolute atomic E-state index is 12.1. The second-order valence-electron chi connectivity index (χ2n) is 4.62. The summed E-state index contributed by atoms with van der Waals surface area (Å²) in [6.07, 6.45) is 1.60. The fraction of sp³-hybridized carbons (Fsp3) is 0. The summed E-state index contributed by atoms with van der Waals surface area (Å²) in [5.41, 5.74) is 3.20. The summed E-state index contributed by atoms with van der Waals surface area (Å²) in [6, 6.07) is 22.9. The van der Waals surface area contributed by atoms with Gasteiger partial charge in [-0.3, -0.25) is 9.78 Å². The molecule has 0 aliphatic heterocycles. The summed E-state index contributed by atoms with van der Waals surface area (Å²) in [5, 5.41) is 2.84. The van der Waals surface area contributed by atoms with E-state index in [0.717, 1.165) is 16.9 Å². The molecule has 0 fully saturated rings. The number of rotatable bonds is 3. The predicted molar refractivity (Wildman–Crippen MR) is 84.1 cm³/mol. The number of carbonyl (C=O) groups excluding carboxylic acids is 1. The maximum Gasteiger partial charge on any atom is 0.257 e. The quantitative estimate of drug-likeness (QED) is 0.784. The molecule has 3 rings (SSSR count). The Morgan fingerprint density at radius 1 is 0.810 bits per heavy atom. The molecule has 1 heterocycles. The van der Waals surface area contributed by atoms with E-state index in [2.05, 4.69) is 10.3 Å². The van der Waals surface area contributed by atoms with Crippen LogP contribution in [0, 0.1) is 0 Å². The molecule has 0 aliphatic carbocycles. The second-order valence-corrected chi connectivity index (χ2v) is 4.62. The minimum Gasteiger partial charge on any atom is -0.322 e. The van der Waals surface area contributed by atoms with Gasteiger partial charge in [-0.15, -0.1) is 0 Å². The van der Waals surface area contributed by atoms with Crippen molar-refractivity contribution in [2.45, 2.75) is 0 Å². The molecule has 1 aromatic heterocycles. The van der Waals surface area contributed by atoms with Crippen LogP contribution in [0.4, 0.5) is 5.69 Å². The first kappa shape index (κ1) is 13.1. The highest BCUT2D eigenvalue weighted by atomic mass is 16.1. The van der Waals surface area contributed by atoms with Crippen molar-refractivity contribution in [1.82, 2.24) is 4.98 Å². The molecule has 2 aromatic carbocycles. The van der Waals surface area contributed by atoms with Gasteiger partial charge in [0.1, 0.15) is 0 Å². The molecule has 0 bridgehead atoms. The number of carbonyl (C=O) groups is 1. The van der Waals surface area contributed by atoms with E-state index < -0.39 is 0 Å². The molecule has 0 radical (unpaired) electrons. The van der Waals surface area contributed by atoms with Crippen molar-refractivity contribution in [3.8, 4) is 11.3 Å². The van der Waals surface area contributed by atoms with E-state index in [1.54, 1.807) is 12.3 Å². The van der Waals surface area contributed by atoms with Crippen LogP contribution >= 0.6 is 0 Å². The van der Waals surface area contributed by atoms with Crippen LogP contribution in [0.1, 0.15) is 10.4 Å². The highest BCUT2D eigenvalue weighted by molar-refractivity contribution is 6.04. The van der Waals surface area contributed by atoms with Crippen molar-refractivity contribution >= 4 is 11.6 Å². The summed E-state index contributed by atoms with van der Waals surface area (Å²) in [7, 11) is 0. The molecular weight excluding hydrogens is 260 g/mol. The Morgan fingerprint density at radius 3 is 2.10 bits per heavy atom. The first-order valence-corrected chi connectivity index (χ1v) is 6.71. The molecule has 0 unspecified atom stereocenters. The van der Waals surface area contributed by atoms with Gasteiger partial charge in [-0.2, -0.15) is 0 Å². The molecule has 3 heteroatoms. The summed E-state index contributed by atoms with van der Waals surface area (Å²) in [6.45, 7) is 0. The number of hydrogen-bond acceptors (Lipinski definition) is 2. The summed E-state index contributed by atoms with van der Waals surface area (Å²) in [5.74, 6) is -0.159. The van der Waals surface area contributed by atoms with Gasteiger partial charge in [-0.05, 0) is 24.3 Å². The van der Waals surface area contributed by atoms with Gasteiger partial charge < -0.3 is 5.32 Å². The van der Waals surface area contributed by atoms with Gasteiger partial charge in [0.15, 0.2) is 0 Å². The van der Waals surface area contributed by atoms with Gasteiger partial charge in [0, 0.05) is 17.4 Å². The molecule has 1 N–H and O–H groups in total. The lowest BCUT2D eigenvalue weighted by atomic mass is 10.1. The van der Waals surface area contributed by atoms with E-state index >= 15 is 0 Å². The molecule has 3 aromatic rings. The lowest BCUT2D eigenvalue weighted by Crippen LogP contribution is -2.12. The zero-order valence-electron chi connectivity index (χ0n) is 11.4. The van der Waals surface area contributed by atoms with Crippen molar-refractivity contribution < 1.29 is 4.79 Å². The monoisotopic (exact) mass is 274 g/mol. The van der Waals surface area contributed by atoms with Crippen molar-refractivity contribution in [3.05, 3.63) is 84.6 Å². The first-order chi connectivity index (χ1) is 10.3. The average molecular weight is 274 g/mol. The van der Waals surface area contributed by atoms with Crippen molar-refractivity contribution in [3.63, 3.8) is 0 Å². The SMILES string of the molecule is O=C(Nc1ccccc1)c1ccc(-c2ccccc2)nc1. The molecule has 21 heavy (non-hydrogen) atoms. The number of anilines is 1. The molecule has 0 saturated carbocycles. The third kappa shape index (κ3) is 3.15. The molecule has 0 spiro atoms. The third-order valence-electron chi connectivity index (χ3n) is 3.13. The second kappa shape index (κ2) is 6.01. The van der Waals surface area contributed by atoms with E-state index in [0.29, 0.717) is 5.56 Å². The van der Waals surface area contributed by atoms with Crippen molar-refractivity contribution in [2.75, 3.05) is 5.32 Å². The fourth-order valence-electron chi connectivity index (χ4n) is 2.03. The molecule has 0 aliphatic rings. The van der Waals surface area contributed by atoms with Crippen LogP contribution in [0.5, 0.6) is 0 Å². The molecule has 1 amide bonds. The number of pyridine rings is 1. The third-order valence-corrected chi connectivity index (χ3v) is 3.13. The number of hydrogen-bond donors (Lipinski definition) is 1. The average Bonchev–Trinajstić information content (AvgIpc) is 2.57. The Balaban J connectivity index is 1.77. The number of aromatic nitrogens is 1. The first-order valence-electron chi connectivity index (χ1n) is 6.71. The van der Waals surface area contributed by atoms with Crippen LogP contribution in [-0.2, 0) is 0 Å². The smallest absolute Gasteiger partial charge is 0.257 e. The minimum absolute atomic E-state index is 0.159. The van der Waals surface area contributed by atoms with E-state index in [4.69, 9.17) is 0 Å². The highest BCUT2D eigenvalue weighted by Gasteiger charge is 2.07. The maximum atomic E-state index is 12.1. The lowest BCUT2D eigenvalue weighted by molar-refractivity contribution is 0.102. The molecular formula is C18H14N2O. The number of amides is 1. The zero-order chi connectivity index (χ0) is 14.5. The van der Waals surface area contributed by atoms with E-state index in [9.17, 15) is 4.79 Å². The van der Waals surface area contributed by atoms with Crippen LogP contribution in [0.3, 0.4) is 0 Å². The number of nitrogens with one attached hydrogen (secondary N) is 1. The lowest BCUT2D eigenvalue weighted by Gasteiger charge is -2.05. The Labute approximate surface area is 123 Å². The van der Waals surface area contributed by atoms with Gasteiger partial charge in [-0.25, -0.2) is 0 Å². The predicted octanol–water partition coefficient (Wildman–Crippen LogP) is 4.00. The van der Waals surface area contributed by atoms with Crippen LogP contribution in [0.2, 0.25) is 0 Å². The van der Waals surface area contributed by atoms with E-state index in [1.807, 2.05) is 66.7 Å². The fourth-order valence-corrected chi connectivity index (χ4v) is 2.03. The summed E-state index contributed by atoms with van der Waals surface area (Å²) < 4.78 is 0. The summed E-state index contributed by atoms with van der Waals surface area (Å²) >= 11 is 0. The standard InChI is InChI=1S/C18H14N2O/c21-18(20-16-9-5-2-6-10-16)15-11-12-17(19-13-15)14-7-3-1-4-8-14/h1-13H,(H,20,21). The Kier molecular flexibility index (Phi) is 3.74. The van der Waals surface area contributed by atoms with Gasteiger partial charge in [0.05, 0.1) is 11.3 Å². The Morgan fingerprint density at radius 2 is 1.48 bits per heavy atom. The summed E-state index contributed by atoms with van der Waals surface area (Å²) in [4.78, 5) is 16.5. The molecule has 0 saturated heterocycles. The number of benzene rings is 2. The topological polar surface area (TPSA) is 42.0 Å². The van der Waals surface area contributed by atoms with Gasteiger partial charge in [0.2, 0.25) is 0 Å². The minimum atomic E-state index is -0.159. The van der Waals surface area contributed by atoms with Crippen LogP contribution in [0.15, 0.2) is 79.0 Å². The molecule has 102 valence electrons. The van der Waals surface area contributed by atoms with Crippen molar-refractivity contribution in [1.29, 1.82) is 0 Å². The van der Waals surface area contributed by atoms with Gasteiger partial charge in [0.25, 0.3) is 5.91 Å². The number of nitrogens with zero attached hydrogens (tertiary/aromatic N) is 1.